The van der Waals surface area contributed by atoms with Crippen LogP contribution in [0.4, 0.5) is 0 Å². The van der Waals surface area contributed by atoms with E-state index in [1.807, 2.05) is 24.0 Å². The van der Waals surface area contributed by atoms with Gasteiger partial charge in [0.05, 0.1) is 12.7 Å². The fourth-order valence-corrected chi connectivity index (χ4v) is 3.31. The van der Waals surface area contributed by atoms with Crippen LogP contribution in [0, 0.1) is 5.92 Å². The van der Waals surface area contributed by atoms with Gasteiger partial charge in [0.1, 0.15) is 5.75 Å². The molecule has 0 radical (unpaired) electrons. The van der Waals surface area contributed by atoms with Gasteiger partial charge in [-0.2, -0.15) is 0 Å². The van der Waals surface area contributed by atoms with Gasteiger partial charge in [0, 0.05) is 25.4 Å². The molecule has 4 nitrogen and oxygen atoms in total. The molecule has 0 spiro atoms. The highest BCUT2D eigenvalue weighted by Gasteiger charge is 2.37. The van der Waals surface area contributed by atoms with Gasteiger partial charge >= 0.3 is 0 Å². The van der Waals surface area contributed by atoms with Crippen LogP contribution in [-0.2, 0) is 11.2 Å². The molecule has 0 saturated carbocycles. The molecule has 1 N–H and O–H groups in total. The molecule has 2 rings (SSSR count). The summed E-state index contributed by atoms with van der Waals surface area (Å²) in [5, 5.41) is 10.4. The molecule has 4 heteroatoms. The maximum atomic E-state index is 12.4. The molecule has 0 aromatic heterocycles. The second-order valence-corrected chi connectivity index (χ2v) is 6.75. The molecular weight excluding hydrogens is 290 g/mol. The molecule has 0 bridgehead atoms. The van der Waals surface area contributed by atoms with Crippen molar-refractivity contribution in [1.29, 1.82) is 0 Å². The number of ether oxygens (including phenoxy) is 1. The first-order valence-electron chi connectivity index (χ1n) is 8.59. The van der Waals surface area contributed by atoms with Crippen molar-refractivity contribution in [3.8, 4) is 5.75 Å². The summed E-state index contributed by atoms with van der Waals surface area (Å²) in [7, 11) is 1.66. The van der Waals surface area contributed by atoms with Crippen LogP contribution >= 0.6 is 0 Å². The molecule has 1 aromatic carbocycles. The summed E-state index contributed by atoms with van der Waals surface area (Å²) in [6.45, 7) is 5.33. The fraction of sp³-hybridized carbons (Fsp3) is 0.632. The van der Waals surface area contributed by atoms with Gasteiger partial charge in [-0.3, -0.25) is 4.79 Å². The molecule has 23 heavy (non-hydrogen) atoms. The molecule has 2 atom stereocenters. The molecule has 1 saturated heterocycles. The molecular formula is C19H29NO3. The van der Waals surface area contributed by atoms with Crippen LogP contribution in [0.5, 0.6) is 5.75 Å². The summed E-state index contributed by atoms with van der Waals surface area (Å²) in [4.78, 5) is 14.3. The van der Waals surface area contributed by atoms with Crippen molar-refractivity contribution in [2.75, 3.05) is 20.2 Å². The average molecular weight is 319 g/mol. The molecule has 0 aliphatic carbocycles. The maximum absolute atomic E-state index is 12.4. The average Bonchev–Trinajstić information content (AvgIpc) is 2.55. The summed E-state index contributed by atoms with van der Waals surface area (Å²) in [6.07, 6.45) is 3.91. The fourth-order valence-electron chi connectivity index (χ4n) is 3.31. The van der Waals surface area contributed by atoms with Crippen molar-refractivity contribution in [1.82, 2.24) is 4.90 Å². The van der Waals surface area contributed by atoms with Crippen LogP contribution in [0.1, 0.15) is 45.1 Å². The van der Waals surface area contributed by atoms with Crippen LogP contribution < -0.4 is 4.74 Å². The Morgan fingerprint density at radius 3 is 2.70 bits per heavy atom. The van der Waals surface area contributed by atoms with Crippen molar-refractivity contribution >= 4 is 5.91 Å². The lowest BCUT2D eigenvalue weighted by Gasteiger charge is -2.42. The Kier molecular flexibility index (Phi) is 6.05. The van der Waals surface area contributed by atoms with Crippen LogP contribution in [0.2, 0.25) is 0 Å². The largest absolute Gasteiger partial charge is 0.497 e. The van der Waals surface area contributed by atoms with E-state index in [4.69, 9.17) is 4.74 Å². The first-order chi connectivity index (χ1) is 11.0. The van der Waals surface area contributed by atoms with Gasteiger partial charge in [-0.25, -0.2) is 0 Å². The number of benzene rings is 1. The van der Waals surface area contributed by atoms with E-state index >= 15 is 0 Å². The Hall–Kier alpha value is -1.55. The Morgan fingerprint density at radius 2 is 2.09 bits per heavy atom. The predicted molar refractivity (Wildman–Crippen MR) is 91.5 cm³/mol. The highest BCUT2D eigenvalue weighted by molar-refractivity contribution is 5.76. The summed E-state index contributed by atoms with van der Waals surface area (Å²) < 4.78 is 5.15. The van der Waals surface area contributed by atoms with E-state index in [0.717, 1.165) is 25.0 Å². The van der Waals surface area contributed by atoms with Crippen molar-refractivity contribution in [2.24, 2.45) is 5.92 Å². The van der Waals surface area contributed by atoms with Gasteiger partial charge in [-0.1, -0.05) is 19.1 Å². The second-order valence-electron chi connectivity index (χ2n) is 6.75. The molecule has 1 amide bonds. The lowest BCUT2D eigenvalue weighted by molar-refractivity contribution is -0.139. The van der Waals surface area contributed by atoms with E-state index in [0.29, 0.717) is 25.9 Å². The molecule has 1 heterocycles. The minimum absolute atomic E-state index is 0.182. The van der Waals surface area contributed by atoms with Gasteiger partial charge in [0.15, 0.2) is 0 Å². The zero-order valence-electron chi connectivity index (χ0n) is 14.5. The van der Waals surface area contributed by atoms with Crippen LogP contribution in [0.15, 0.2) is 24.3 Å². The number of hydrogen-bond acceptors (Lipinski definition) is 3. The number of methoxy groups -OCH3 is 1. The third kappa shape index (κ3) is 4.71. The number of carbonyl (C=O) groups is 1. The molecule has 1 aromatic rings. The van der Waals surface area contributed by atoms with Gasteiger partial charge in [0.2, 0.25) is 5.91 Å². The van der Waals surface area contributed by atoms with Crippen molar-refractivity contribution < 1.29 is 14.6 Å². The van der Waals surface area contributed by atoms with E-state index in [1.54, 1.807) is 7.11 Å². The van der Waals surface area contributed by atoms with Gasteiger partial charge < -0.3 is 14.7 Å². The monoisotopic (exact) mass is 319 g/mol. The smallest absolute Gasteiger partial charge is 0.222 e. The topological polar surface area (TPSA) is 49.8 Å². The normalized spacial score (nSPS) is 24.5. The van der Waals surface area contributed by atoms with Crippen LogP contribution in [0.3, 0.4) is 0 Å². The highest BCUT2D eigenvalue weighted by Crippen LogP contribution is 2.30. The number of nitrogens with zero attached hydrogens (tertiary/aromatic N) is 1. The van der Waals surface area contributed by atoms with E-state index < -0.39 is 5.60 Å². The molecule has 1 aliphatic rings. The Bertz CT molecular complexity index is 510. The SMILES string of the molecule is CC[C@H]1CN(C(=O)CCCc2ccc(OC)cc2)CC[C@@]1(C)O. The molecule has 1 fully saturated rings. The standard InChI is InChI=1S/C19H29NO3/c1-4-16-14-20(13-12-19(16,2)22)18(21)7-5-6-15-8-10-17(23-3)11-9-15/h8-11,16,22H,4-7,12-14H2,1-3H3/t16-,19+/m0/s1. The second kappa shape index (κ2) is 7.82. The molecule has 1 aliphatic heterocycles. The lowest BCUT2D eigenvalue weighted by atomic mass is 9.81. The first kappa shape index (κ1) is 17.8. The third-order valence-electron chi connectivity index (χ3n) is 5.07. The summed E-state index contributed by atoms with van der Waals surface area (Å²) in [6, 6.07) is 8.01. The van der Waals surface area contributed by atoms with Crippen LogP contribution in [0.25, 0.3) is 0 Å². The van der Waals surface area contributed by atoms with Crippen molar-refractivity contribution in [2.45, 2.75) is 51.6 Å². The van der Waals surface area contributed by atoms with Crippen molar-refractivity contribution in [3.05, 3.63) is 29.8 Å². The quantitative estimate of drug-likeness (QED) is 0.877. The summed E-state index contributed by atoms with van der Waals surface area (Å²) >= 11 is 0. The minimum atomic E-state index is -0.630. The Balaban J connectivity index is 1.78. The Labute approximate surface area is 139 Å². The van der Waals surface area contributed by atoms with E-state index in [9.17, 15) is 9.90 Å². The number of amides is 1. The zero-order valence-corrected chi connectivity index (χ0v) is 14.5. The van der Waals surface area contributed by atoms with Gasteiger partial charge in [-0.05, 0) is 50.3 Å². The minimum Gasteiger partial charge on any atom is -0.497 e. The zero-order chi connectivity index (χ0) is 16.9. The number of hydrogen-bond donors (Lipinski definition) is 1. The number of piperidine rings is 1. The summed E-state index contributed by atoms with van der Waals surface area (Å²) in [5.74, 6) is 1.25. The molecule has 0 unspecified atom stereocenters. The predicted octanol–water partition coefficient (Wildman–Crippen LogP) is 3.03. The van der Waals surface area contributed by atoms with Crippen LogP contribution in [-0.4, -0.2) is 41.7 Å². The number of carbonyl (C=O) groups excluding carboxylic acids is 1. The maximum Gasteiger partial charge on any atom is 0.222 e. The third-order valence-corrected chi connectivity index (χ3v) is 5.07. The highest BCUT2D eigenvalue weighted by atomic mass is 16.5. The summed E-state index contributed by atoms with van der Waals surface area (Å²) in [5.41, 5.74) is 0.598. The van der Waals surface area contributed by atoms with E-state index in [-0.39, 0.29) is 11.8 Å². The number of likely N-dealkylation sites (tertiary alicyclic amines) is 1. The van der Waals surface area contributed by atoms with Gasteiger partial charge in [0.25, 0.3) is 0 Å². The van der Waals surface area contributed by atoms with Crippen molar-refractivity contribution in [3.63, 3.8) is 0 Å². The van der Waals surface area contributed by atoms with E-state index in [2.05, 4.69) is 19.1 Å². The lowest BCUT2D eigenvalue weighted by Crippen LogP contribution is -2.51. The van der Waals surface area contributed by atoms with E-state index in [1.165, 1.54) is 5.56 Å². The first-order valence-corrected chi connectivity index (χ1v) is 8.59. The number of aryl methyl sites for hydroxylation is 1. The Morgan fingerprint density at radius 1 is 1.39 bits per heavy atom. The molecule has 128 valence electrons. The number of aliphatic hydroxyl groups is 1. The number of rotatable bonds is 6. The van der Waals surface area contributed by atoms with Gasteiger partial charge in [-0.15, -0.1) is 0 Å².